The molecule has 0 unspecified atom stereocenters. The highest BCUT2D eigenvalue weighted by molar-refractivity contribution is 6.12. The monoisotopic (exact) mass is 439 g/mol. The number of hydrogen-bond donors (Lipinski definition) is 1. The van der Waals surface area contributed by atoms with Crippen LogP contribution in [0.15, 0.2) is 54.3 Å². The maximum absolute atomic E-state index is 13.2. The van der Waals surface area contributed by atoms with Crippen LogP contribution in [-0.2, 0) is 14.3 Å². The summed E-state index contributed by atoms with van der Waals surface area (Å²) in [6.45, 7) is 4.64. The van der Waals surface area contributed by atoms with Gasteiger partial charge in [0.15, 0.2) is 11.5 Å². The van der Waals surface area contributed by atoms with E-state index in [1.807, 2.05) is 0 Å². The lowest BCUT2D eigenvalue weighted by Crippen LogP contribution is -2.44. The first-order valence-corrected chi connectivity index (χ1v) is 10.7. The van der Waals surface area contributed by atoms with E-state index >= 15 is 0 Å². The van der Waals surface area contributed by atoms with Crippen LogP contribution in [0.3, 0.4) is 0 Å². The summed E-state index contributed by atoms with van der Waals surface area (Å²) < 4.78 is 24.3. The number of amides is 2. The van der Waals surface area contributed by atoms with Crippen LogP contribution in [-0.4, -0.2) is 62.7 Å². The summed E-state index contributed by atoms with van der Waals surface area (Å²) in [5.74, 6) is -0.453. The fourth-order valence-corrected chi connectivity index (χ4v) is 3.68. The molecule has 2 aromatic carbocycles. The zero-order chi connectivity index (χ0) is 22.3. The van der Waals surface area contributed by atoms with Crippen molar-refractivity contribution in [3.63, 3.8) is 0 Å². The van der Waals surface area contributed by atoms with Crippen LogP contribution >= 0.6 is 0 Å². The number of carbonyl (C=O) groups excluding carboxylic acids is 2. The normalized spacial score (nSPS) is 17.7. The number of nitrogens with one attached hydrogen (secondary N) is 1. The van der Waals surface area contributed by atoms with Crippen molar-refractivity contribution in [2.24, 2.45) is 0 Å². The molecule has 8 heteroatoms. The second-order valence-corrected chi connectivity index (χ2v) is 7.68. The molecule has 0 atom stereocenters. The van der Waals surface area contributed by atoms with Gasteiger partial charge in [-0.15, -0.1) is 0 Å². The van der Waals surface area contributed by atoms with Gasteiger partial charge in [-0.2, -0.15) is 0 Å². The predicted octanol–water partition coefficient (Wildman–Crippen LogP) is 2.43. The molecule has 0 spiro atoms. The first-order valence-electron chi connectivity index (χ1n) is 10.7. The van der Waals surface area contributed by atoms with Crippen LogP contribution in [0.2, 0.25) is 0 Å². The number of fused-ring (bicyclic) bond motifs is 1. The van der Waals surface area contributed by atoms with Gasteiger partial charge in [-0.3, -0.25) is 19.4 Å². The molecule has 0 radical (unpaired) electrons. The van der Waals surface area contributed by atoms with Gasteiger partial charge in [0.1, 0.15) is 12.4 Å². The zero-order valence-electron chi connectivity index (χ0n) is 17.8. The van der Waals surface area contributed by atoms with Crippen molar-refractivity contribution >= 4 is 23.6 Å². The van der Waals surface area contributed by atoms with Gasteiger partial charge >= 0.3 is 0 Å². The first kappa shape index (κ1) is 22.0. The van der Waals surface area contributed by atoms with E-state index in [1.54, 1.807) is 42.5 Å². The Balaban J connectivity index is 1.40. The molecule has 1 fully saturated rings. The maximum Gasteiger partial charge on any atom is 0.294 e. The van der Waals surface area contributed by atoms with Gasteiger partial charge in [0.2, 0.25) is 5.91 Å². The van der Waals surface area contributed by atoms with E-state index in [2.05, 4.69) is 10.2 Å². The summed E-state index contributed by atoms with van der Waals surface area (Å²) in [6, 6.07) is 12.8. The summed E-state index contributed by atoms with van der Waals surface area (Å²) >= 11 is 0. The molecule has 0 saturated carbocycles. The largest absolute Gasteiger partial charge is 0.449 e. The Morgan fingerprint density at radius 1 is 1.09 bits per heavy atom. The third kappa shape index (κ3) is 5.52. The van der Waals surface area contributed by atoms with E-state index in [0.29, 0.717) is 23.5 Å². The minimum Gasteiger partial charge on any atom is -0.449 e. The standard InChI is InChI=1S/C24H26FN3O4/c25-19-8-6-18(7-9-19)16-22-24(30)28(20-4-1-2-5-21(20)32-22)17-23(29)26-10-3-11-27-12-14-31-15-13-27/h1-2,4-9,16H,3,10-15,17H2,(H,26,29). The summed E-state index contributed by atoms with van der Waals surface area (Å²) in [6.07, 6.45) is 2.38. The molecular formula is C24H26FN3O4. The van der Waals surface area contributed by atoms with E-state index in [9.17, 15) is 14.0 Å². The van der Waals surface area contributed by atoms with Crippen LogP contribution in [0.25, 0.3) is 6.08 Å². The second kappa shape index (κ2) is 10.4. The highest BCUT2D eigenvalue weighted by Gasteiger charge is 2.31. The minimum absolute atomic E-state index is 0.0791. The number of rotatable bonds is 7. The molecule has 0 aromatic heterocycles. The molecule has 0 bridgehead atoms. The second-order valence-electron chi connectivity index (χ2n) is 7.68. The molecule has 2 aliphatic rings. The van der Waals surface area contributed by atoms with Crippen molar-refractivity contribution in [2.75, 3.05) is 50.8 Å². The molecule has 2 heterocycles. The summed E-state index contributed by atoms with van der Waals surface area (Å²) in [4.78, 5) is 29.4. The Labute approximate surface area is 186 Å². The number of carbonyl (C=O) groups is 2. The Morgan fingerprint density at radius 2 is 1.84 bits per heavy atom. The Kier molecular flexibility index (Phi) is 7.14. The van der Waals surface area contributed by atoms with E-state index in [0.717, 1.165) is 39.3 Å². The average molecular weight is 439 g/mol. The van der Waals surface area contributed by atoms with E-state index in [4.69, 9.17) is 9.47 Å². The lowest BCUT2D eigenvalue weighted by atomic mass is 10.1. The number of nitrogens with zero attached hydrogens (tertiary/aromatic N) is 2. The molecule has 1 N–H and O–H groups in total. The smallest absolute Gasteiger partial charge is 0.294 e. The molecule has 2 amide bonds. The SMILES string of the molecule is O=C(CN1C(=O)C(=Cc2ccc(F)cc2)Oc2ccccc21)NCCCN1CCOCC1. The van der Waals surface area contributed by atoms with Crippen LogP contribution in [0, 0.1) is 5.82 Å². The van der Waals surface area contributed by atoms with Crippen molar-refractivity contribution < 1.29 is 23.5 Å². The Morgan fingerprint density at radius 3 is 2.62 bits per heavy atom. The van der Waals surface area contributed by atoms with Gasteiger partial charge in [0, 0.05) is 19.6 Å². The van der Waals surface area contributed by atoms with E-state index < -0.39 is 5.91 Å². The topological polar surface area (TPSA) is 71.1 Å². The molecule has 7 nitrogen and oxygen atoms in total. The number of morpholine rings is 1. The minimum atomic E-state index is -0.420. The number of anilines is 1. The number of ether oxygens (including phenoxy) is 2. The van der Waals surface area contributed by atoms with Crippen molar-refractivity contribution in [3.8, 4) is 5.75 Å². The summed E-state index contributed by atoms with van der Waals surface area (Å²) in [5, 5.41) is 2.90. The fourth-order valence-electron chi connectivity index (χ4n) is 3.68. The van der Waals surface area contributed by atoms with Crippen molar-refractivity contribution in [2.45, 2.75) is 6.42 Å². The van der Waals surface area contributed by atoms with Crippen LogP contribution < -0.4 is 15.0 Å². The molecule has 32 heavy (non-hydrogen) atoms. The number of hydrogen-bond acceptors (Lipinski definition) is 5. The van der Waals surface area contributed by atoms with Gasteiger partial charge in [-0.1, -0.05) is 24.3 Å². The van der Waals surface area contributed by atoms with Crippen LogP contribution in [0.4, 0.5) is 10.1 Å². The molecule has 2 aliphatic heterocycles. The zero-order valence-corrected chi connectivity index (χ0v) is 17.8. The third-order valence-electron chi connectivity index (χ3n) is 5.38. The van der Waals surface area contributed by atoms with Gasteiger partial charge < -0.3 is 14.8 Å². The molecular weight excluding hydrogens is 413 g/mol. The van der Waals surface area contributed by atoms with Gasteiger partial charge in [-0.25, -0.2) is 4.39 Å². The molecule has 0 aliphatic carbocycles. The van der Waals surface area contributed by atoms with E-state index in [-0.39, 0.29) is 24.0 Å². The van der Waals surface area contributed by atoms with Gasteiger partial charge in [0.05, 0.1) is 18.9 Å². The fraction of sp³-hybridized carbons (Fsp3) is 0.333. The first-order chi connectivity index (χ1) is 15.6. The highest BCUT2D eigenvalue weighted by atomic mass is 19.1. The quantitative estimate of drug-likeness (QED) is 0.530. The van der Waals surface area contributed by atoms with Gasteiger partial charge in [0.25, 0.3) is 5.91 Å². The highest BCUT2D eigenvalue weighted by Crippen LogP contribution is 2.35. The Hall–Kier alpha value is -3.23. The molecule has 4 rings (SSSR count). The Bertz CT molecular complexity index is 987. The molecule has 1 saturated heterocycles. The average Bonchev–Trinajstić information content (AvgIpc) is 2.81. The summed E-state index contributed by atoms with van der Waals surface area (Å²) in [7, 11) is 0. The van der Waals surface area contributed by atoms with Crippen LogP contribution in [0.1, 0.15) is 12.0 Å². The maximum atomic E-state index is 13.2. The lowest BCUT2D eigenvalue weighted by molar-refractivity contribution is -0.123. The number of halogens is 1. The van der Waals surface area contributed by atoms with E-state index in [1.165, 1.54) is 17.0 Å². The molecule has 168 valence electrons. The van der Waals surface area contributed by atoms with Crippen LogP contribution in [0.5, 0.6) is 5.75 Å². The van der Waals surface area contributed by atoms with Gasteiger partial charge in [-0.05, 0) is 48.9 Å². The third-order valence-corrected chi connectivity index (χ3v) is 5.38. The predicted molar refractivity (Wildman–Crippen MR) is 119 cm³/mol. The molecule has 2 aromatic rings. The lowest BCUT2D eigenvalue weighted by Gasteiger charge is -2.30. The number of para-hydroxylation sites is 2. The van der Waals surface area contributed by atoms with Crippen molar-refractivity contribution in [1.82, 2.24) is 10.2 Å². The van der Waals surface area contributed by atoms with Crippen molar-refractivity contribution in [1.29, 1.82) is 0 Å². The summed E-state index contributed by atoms with van der Waals surface area (Å²) in [5.41, 5.74) is 1.17. The number of benzene rings is 2. The van der Waals surface area contributed by atoms with Crippen molar-refractivity contribution in [3.05, 3.63) is 65.7 Å².